The van der Waals surface area contributed by atoms with Gasteiger partial charge in [0.15, 0.2) is 0 Å². The van der Waals surface area contributed by atoms with Crippen LogP contribution in [0.1, 0.15) is 43.4 Å². The number of nitrogens with zero attached hydrogens (tertiary/aromatic N) is 1. The number of esters is 1. The molecule has 0 saturated heterocycles. The van der Waals surface area contributed by atoms with Crippen LogP contribution in [0.2, 0.25) is 5.02 Å². The lowest BCUT2D eigenvalue weighted by molar-refractivity contribution is -0.144. The number of ether oxygens (including phenoxy) is 1. The van der Waals surface area contributed by atoms with Gasteiger partial charge in [-0.1, -0.05) is 37.1 Å². The molecule has 0 N–H and O–H groups in total. The molecule has 5 nitrogen and oxygen atoms in total. The number of hydrogen-bond acceptors (Lipinski definition) is 4. The van der Waals surface area contributed by atoms with Crippen LogP contribution < -0.4 is 0 Å². The maximum Gasteiger partial charge on any atom is 0.511 e. The van der Waals surface area contributed by atoms with Crippen molar-refractivity contribution in [2.24, 2.45) is 0 Å². The van der Waals surface area contributed by atoms with Crippen molar-refractivity contribution >= 4 is 27.6 Å². The molecule has 0 bridgehead atoms. The van der Waals surface area contributed by atoms with Crippen molar-refractivity contribution in [1.29, 1.82) is 0 Å². The zero-order chi connectivity index (χ0) is 18.8. The average molecular weight is 400 g/mol. The maximum atomic E-state index is 13.0. The second-order valence-electron chi connectivity index (χ2n) is 5.60. The number of carbonyl (C=O) groups excluding carboxylic acids is 1. The molecule has 0 saturated carbocycles. The van der Waals surface area contributed by atoms with E-state index in [-0.39, 0.29) is 27.1 Å². The lowest BCUT2D eigenvalue weighted by atomic mass is 10.0. The summed E-state index contributed by atoms with van der Waals surface area (Å²) >= 11 is 5.98. The SMILES string of the molecule is CCCCOC(=O)CC1c2cccc(Cl)c2CN1S(=O)(=O)C(F)(F)F. The van der Waals surface area contributed by atoms with Gasteiger partial charge in [0, 0.05) is 11.6 Å². The van der Waals surface area contributed by atoms with E-state index in [1.54, 1.807) is 0 Å². The predicted molar refractivity (Wildman–Crippen MR) is 85.2 cm³/mol. The summed E-state index contributed by atoms with van der Waals surface area (Å²) in [4.78, 5) is 11.9. The van der Waals surface area contributed by atoms with Crippen molar-refractivity contribution in [3.8, 4) is 0 Å². The number of unbranched alkanes of at least 4 members (excludes halogenated alkanes) is 1. The number of hydrogen-bond donors (Lipinski definition) is 0. The van der Waals surface area contributed by atoms with E-state index < -0.39 is 40.5 Å². The Morgan fingerprint density at radius 1 is 1.40 bits per heavy atom. The fraction of sp³-hybridized carbons (Fsp3) is 0.533. The lowest BCUT2D eigenvalue weighted by Crippen LogP contribution is -2.40. The molecule has 1 aliphatic rings. The molecule has 1 unspecified atom stereocenters. The Hall–Kier alpha value is -1.32. The molecule has 2 rings (SSSR count). The fourth-order valence-electron chi connectivity index (χ4n) is 2.62. The smallest absolute Gasteiger partial charge is 0.466 e. The summed E-state index contributed by atoms with van der Waals surface area (Å²) in [7, 11) is -5.61. The highest BCUT2D eigenvalue weighted by molar-refractivity contribution is 7.90. The van der Waals surface area contributed by atoms with Crippen LogP contribution in [0.3, 0.4) is 0 Å². The minimum absolute atomic E-state index is 0.135. The Balaban J connectivity index is 2.34. The molecule has 0 fully saturated rings. The average Bonchev–Trinajstić information content (AvgIpc) is 2.87. The van der Waals surface area contributed by atoms with Gasteiger partial charge in [-0.3, -0.25) is 4.79 Å². The van der Waals surface area contributed by atoms with Gasteiger partial charge in [0.2, 0.25) is 0 Å². The summed E-state index contributed by atoms with van der Waals surface area (Å²) in [5, 5.41) is 0.154. The summed E-state index contributed by atoms with van der Waals surface area (Å²) in [5.41, 5.74) is -4.91. The quantitative estimate of drug-likeness (QED) is 0.539. The third-order valence-corrected chi connectivity index (χ3v) is 5.84. The molecule has 140 valence electrons. The third kappa shape index (κ3) is 4.09. The van der Waals surface area contributed by atoms with E-state index in [4.69, 9.17) is 16.3 Å². The van der Waals surface area contributed by atoms with Gasteiger partial charge in [-0.05, 0) is 23.6 Å². The first-order chi connectivity index (χ1) is 11.6. The van der Waals surface area contributed by atoms with Crippen LogP contribution in [0.25, 0.3) is 0 Å². The molecule has 1 atom stereocenters. The summed E-state index contributed by atoms with van der Waals surface area (Å²) in [6, 6.07) is 3.13. The second kappa shape index (κ2) is 7.51. The molecule has 0 amide bonds. The van der Waals surface area contributed by atoms with Crippen LogP contribution in [-0.4, -0.2) is 30.8 Å². The standard InChI is InChI=1S/C15H17ClF3NO4S/c1-2-3-7-24-14(21)8-13-10-5-4-6-12(16)11(10)9-20(13)25(22,23)15(17,18)19/h4-6,13H,2-3,7-9H2,1H3. The molecule has 1 aromatic carbocycles. The van der Waals surface area contributed by atoms with Gasteiger partial charge in [0.1, 0.15) is 0 Å². The highest BCUT2D eigenvalue weighted by Crippen LogP contribution is 2.44. The van der Waals surface area contributed by atoms with Gasteiger partial charge in [-0.2, -0.15) is 17.5 Å². The van der Waals surface area contributed by atoms with Crippen LogP contribution in [0.15, 0.2) is 18.2 Å². The van der Waals surface area contributed by atoms with Crippen molar-refractivity contribution in [2.45, 2.75) is 44.3 Å². The van der Waals surface area contributed by atoms with Crippen molar-refractivity contribution in [2.75, 3.05) is 6.61 Å². The molecule has 1 heterocycles. The zero-order valence-corrected chi connectivity index (χ0v) is 14.9. The van der Waals surface area contributed by atoms with Gasteiger partial charge in [-0.15, -0.1) is 0 Å². The van der Waals surface area contributed by atoms with E-state index in [0.717, 1.165) is 6.42 Å². The van der Waals surface area contributed by atoms with Crippen molar-refractivity contribution < 1.29 is 31.1 Å². The van der Waals surface area contributed by atoms with E-state index in [9.17, 15) is 26.4 Å². The predicted octanol–water partition coefficient (Wildman–Crippen LogP) is 3.78. The fourth-order valence-corrected chi connectivity index (χ4v) is 3.95. The normalized spacial score (nSPS) is 18.2. The zero-order valence-electron chi connectivity index (χ0n) is 13.3. The van der Waals surface area contributed by atoms with Gasteiger partial charge in [-0.25, -0.2) is 8.42 Å². The first-order valence-electron chi connectivity index (χ1n) is 7.60. The topological polar surface area (TPSA) is 63.7 Å². The lowest BCUT2D eigenvalue weighted by Gasteiger charge is -2.24. The number of alkyl halides is 3. The maximum absolute atomic E-state index is 13.0. The van der Waals surface area contributed by atoms with E-state index >= 15 is 0 Å². The minimum Gasteiger partial charge on any atom is -0.466 e. The number of rotatable bonds is 6. The van der Waals surface area contributed by atoms with Crippen molar-refractivity contribution in [3.63, 3.8) is 0 Å². The molecular weight excluding hydrogens is 383 g/mol. The number of carbonyl (C=O) groups is 1. The number of halogens is 4. The van der Waals surface area contributed by atoms with E-state index in [0.29, 0.717) is 6.42 Å². The number of benzene rings is 1. The summed E-state index contributed by atoms with van der Waals surface area (Å²) in [6.07, 6.45) is 0.888. The Labute approximate surface area is 148 Å². The molecule has 0 aliphatic carbocycles. The van der Waals surface area contributed by atoms with E-state index in [1.165, 1.54) is 18.2 Å². The molecule has 0 radical (unpaired) electrons. The van der Waals surface area contributed by atoms with Crippen LogP contribution >= 0.6 is 11.6 Å². The number of fused-ring (bicyclic) bond motifs is 1. The minimum atomic E-state index is -5.61. The van der Waals surface area contributed by atoms with Crippen LogP contribution in [-0.2, 0) is 26.1 Å². The van der Waals surface area contributed by atoms with Crippen LogP contribution in [0, 0.1) is 0 Å². The Kier molecular flexibility index (Phi) is 6.01. The van der Waals surface area contributed by atoms with Gasteiger partial charge < -0.3 is 4.74 Å². The second-order valence-corrected chi connectivity index (χ2v) is 7.89. The molecule has 10 heteroatoms. The molecule has 0 aromatic heterocycles. The first kappa shape index (κ1) is 20.0. The molecule has 1 aromatic rings. The van der Waals surface area contributed by atoms with E-state index in [2.05, 4.69) is 0 Å². The monoisotopic (exact) mass is 399 g/mol. The Morgan fingerprint density at radius 3 is 2.68 bits per heavy atom. The summed E-state index contributed by atoms with van der Waals surface area (Å²) < 4.78 is 68.0. The van der Waals surface area contributed by atoms with E-state index in [1.807, 2.05) is 6.92 Å². The third-order valence-electron chi connectivity index (χ3n) is 3.90. The summed E-state index contributed by atoms with van der Waals surface area (Å²) in [6.45, 7) is 1.49. The highest BCUT2D eigenvalue weighted by atomic mass is 35.5. The van der Waals surface area contributed by atoms with Gasteiger partial charge in [0.05, 0.1) is 19.1 Å². The number of sulfonamides is 1. The van der Waals surface area contributed by atoms with Gasteiger partial charge in [0.25, 0.3) is 0 Å². The molecule has 1 aliphatic heterocycles. The van der Waals surface area contributed by atoms with Crippen molar-refractivity contribution in [3.05, 3.63) is 34.3 Å². The van der Waals surface area contributed by atoms with Crippen molar-refractivity contribution in [1.82, 2.24) is 4.31 Å². The Morgan fingerprint density at radius 2 is 2.08 bits per heavy atom. The highest BCUT2D eigenvalue weighted by Gasteiger charge is 2.54. The van der Waals surface area contributed by atoms with Crippen LogP contribution in [0.4, 0.5) is 13.2 Å². The summed E-state index contributed by atoms with van der Waals surface area (Å²) in [5.74, 6) is -0.756. The molecule has 0 spiro atoms. The van der Waals surface area contributed by atoms with Gasteiger partial charge >= 0.3 is 21.5 Å². The largest absolute Gasteiger partial charge is 0.511 e. The Bertz CT molecular complexity index is 752. The first-order valence-corrected chi connectivity index (χ1v) is 9.42. The molecule has 25 heavy (non-hydrogen) atoms. The van der Waals surface area contributed by atoms with Crippen LogP contribution in [0.5, 0.6) is 0 Å². The molecular formula is C15H17ClF3NO4S.